The van der Waals surface area contributed by atoms with Crippen molar-refractivity contribution < 1.29 is 9.18 Å². The number of anilines is 1. The van der Waals surface area contributed by atoms with E-state index >= 15 is 0 Å². The van der Waals surface area contributed by atoms with Crippen LogP contribution in [0.1, 0.15) is 30.9 Å². The maximum absolute atomic E-state index is 14.7. The Labute approximate surface area is 165 Å². The zero-order chi connectivity index (χ0) is 19.3. The quantitative estimate of drug-likeness (QED) is 0.680. The van der Waals surface area contributed by atoms with Crippen LogP contribution in [0.3, 0.4) is 0 Å². The van der Waals surface area contributed by atoms with Gasteiger partial charge in [0.25, 0.3) is 0 Å². The molecule has 140 valence electrons. The number of hydrogen-bond acceptors (Lipinski definition) is 4. The summed E-state index contributed by atoms with van der Waals surface area (Å²) >= 11 is 5.98. The summed E-state index contributed by atoms with van der Waals surface area (Å²) in [7, 11) is 0. The Morgan fingerprint density at radius 2 is 1.89 bits per heavy atom. The van der Waals surface area contributed by atoms with Crippen LogP contribution in [0.15, 0.2) is 59.8 Å². The highest BCUT2D eigenvalue weighted by Crippen LogP contribution is 2.41. The SMILES string of the molecule is O=C1CCCC2=C1C(c1ccccc1F)n1nc(-c3ccc(Cl)cc3)nc1N2. The first kappa shape index (κ1) is 17.1. The molecule has 1 N–H and O–H groups in total. The Kier molecular flexibility index (Phi) is 4.02. The lowest BCUT2D eigenvalue weighted by Crippen LogP contribution is -2.32. The molecule has 2 aliphatic rings. The average molecular weight is 395 g/mol. The van der Waals surface area contributed by atoms with Gasteiger partial charge in [-0.1, -0.05) is 29.8 Å². The fourth-order valence-electron chi connectivity index (χ4n) is 3.86. The van der Waals surface area contributed by atoms with Crippen molar-refractivity contribution in [2.24, 2.45) is 0 Å². The highest BCUT2D eigenvalue weighted by molar-refractivity contribution is 6.30. The van der Waals surface area contributed by atoms with Gasteiger partial charge in [-0.25, -0.2) is 9.07 Å². The lowest BCUT2D eigenvalue weighted by Gasteiger charge is -2.32. The number of halogens is 2. The van der Waals surface area contributed by atoms with Gasteiger partial charge in [0.1, 0.15) is 11.9 Å². The topological polar surface area (TPSA) is 59.8 Å². The molecular weight excluding hydrogens is 379 g/mol. The van der Waals surface area contributed by atoms with E-state index in [-0.39, 0.29) is 11.6 Å². The highest BCUT2D eigenvalue weighted by Gasteiger charge is 2.37. The summed E-state index contributed by atoms with van der Waals surface area (Å²) in [6, 6.07) is 13.1. The zero-order valence-electron chi connectivity index (χ0n) is 14.8. The van der Waals surface area contributed by atoms with Crippen LogP contribution in [0.4, 0.5) is 10.3 Å². The number of carbonyl (C=O) groups is 1. The van der Waals surface area contributed by atoms with Gasteiger partial charge in [0.15, 0.2) is 11.6 Å². The van der Waals surface area contributed by atoms with Crippen LogP contribution in [0.25, 0.3) is 11.4 Å². The summed E-state index contributed by atoms with van der Waals surface area (Å²) in [6.07, 6.45) is 1.96. The molecule has 0 radical (unpaired) electrons. The first-order valence-corrected chi connectivity index (χ1v) is 9.50. The Bertz CT molecular complexity index is 1120. The van der Waals surface area contributed by atoms with E-state index in [4.69, 9.17) is 11.6 Å². The number of aromatic nitrogens is 3. The molecule has 28 heavy (non-hydrogen) atoms. The minimum atomic E-state index is -0.631. The molecule has 2 heterocycles. The predicted octanol–water partition coefficient (Wildman–Crippen LogP) is 4.76. The minimum absolute atomic E-state index is 0.0243. The second-order valence-electron chi connectivity index (χ2n) is 6.93. The van der Waals surface area contributed by atoms with E-state index in [0.717, 1.165) is 24.1 Å². The number of ketones is 1. The third-order valence-corrected chi connectivity index (χ3v) is 5.42. The van der Waals surface area contributed by atoms with Crippen LogP contribution >= 0.6 is 11.6 Å². The van der Waals surface area contributed by atoms with Crippen LogP contribution in [-0.2, 0) is 4.79 Å². The van der Waals surface area contributed by atoms with Gasteiger partial charge in [0.2, 0.25) is 5.95 Å². The molecule has 5 nitrogen and oxygen atoms in total. The number of allylic oxidation sites excluding steroid dienone is 2. The molecule has 0 fully saturated rings. The molecule has 0 bridgehead atoms. The fourth-order valence-corrected chi connectivity index (χ4v) is 3.99. The van der Waals surface area contributed by atoms with Crippen molar-refractivity contribution in [2.75, 3.05) is 5.32 Å². The molecule has 7 heteroatoms. The summed E-state index contributed by atoms with van der Waals surface area (Å²) in [6.45, 7) is 0. The van der Waals surface area contributed by atoms with Gasteiger partial charge in [0.05, 0.1) is 0 Å². The van der Waals surface area contributed by atoms with Crippen molar-refractivity contribution >= 4 is 23.3 Å². The molecule has 0 spiro atoms. The van der Waals surface area contributed by atoms with Crippen LogP contribution in [-0.4, -0.2) is 20.5 Å². The molecule has 0 amide bonds. The van der Waals surface area contributed by atoms with Gasteiger partial charge in [-0.3, -0.25) is 4.79 Å². The fraction of sp³-hybridized carbons (Fsp3) is 0.190. The van der Waals surface area contributed by atoms with Gasteiger partial charge in [0, 0.05) is 33.8 Å². The highest BCUT2D eigenvalue weighted by atomic mass is 35.5. The average Bonchev–Trinajstić information content (AvgIpc) is 3.11. The Hall–Kier alpha value is -2.99. The molecule has 2 aromatic carbocycles. The Morgan fingerprint density at radius 3 is 2.68 bits per heavy atom. The first-order valence-electron chi connectivity index (χ1n) is 9.12. The predicted molar refractivity (Wildman–Crippen MR) is 105 cm³/mol. The third kappa shape index (κ3) is 2.72. The number of hydrogen-bond donors (Lipinski definition) is 1. The minimum Gasteiger partial charge on any atom is -0.328 e. The molecule has 0 saturated carbocycles. The van der Waals surface area contributed by atoms with Crippen molar-refractivity contribution in [1.29, 1.82) is 0 Å². The Balaban J connectivity index is 1.69. The lowest BCUT2D eigenvalue weighted by molar-refractivity contribution is -0.116. The molecular formula is C21H16ClFN4O. The maximum Gasteiger partial charge on any atom is 0.226 e. The van der Waals surface area contributed by atoms with Crippen molar-refractivity contribution in [3.05, 3.63) is 76.2 Å². The van der Waals surface area contributed by atoms with Gasteiger partial charge in [-0.2, -0.15) is 4.98 Å². The third-order valence-electron chi connectivity index (χ3n) is 5.17. The van der Waals surface area contributed by atoms with E-state index in [9.17, 15) is 9.18 Å². The van der Waals surface area contributed by atoms with Crippen LogP contribution < -0.4 is 5.32 Å². The normalized spacial score (nSPS) is 18.5. The lowest BCUT2D eigenvalue weighted by atomic mass is 9.85. The number of benzene rings is 2. The number of carbonyl (C=O) groups excluding carboxylic acids is 1. The molecule has 1 atom stereocenters. The van der Waals surface area contributed by atoms with Gasteiger partial charge in [-0.05, 0) is 43.2 Å². The van der Waals surface area contributed by atoms with Crippen molar-refractivity contribution in [2.45, 2.75) is 25.3 Å². The molecule has 1 aliphatic heterocycles. The molecule has 0 saturated heterocycles. The second kappa shape index (κ2) is 6.56. The molecule has 5 rings (SSSR count). The van der Waals surface area contributed by atoms with E-state index in [1.807, 2.05) is 12.1 Å². The summed E-state index contributed by atoms with van der Waals surface area (Å²) in [5.41, 5.74) is 2.61. The molecule has 1 aliphatic carbocycles. The van der Waals surface area contributed by atoms with Crippen LogP contribution in [0.5, 0.6) is 0 Å². The summed E-state index contributed by atoms with van der Waals surface area (Å²) < 4.78 is 16.3. The molecule has 3 aromatic rings. The van der Waals surface area contributed by atoms with Crippen molar-refractivity contribution in [1.82, 2.24) is 14.8 Å². The van der Waals surface area contributed by atoms with Gasteiger partial charge >= 0.3 is 0 Å². The standard InChI is InChI=1S/C21H16ClFN4O/c22-13-10-8-12(9-11-13)20-25-21-24-16-6-3-7-17(28)18(16)19(27(21)26-20)14-4-1-2-5-15(14)23/h1-2,4-5,8-11,19H,3,6-7H2,(H,24,25,26). The van der Waals surface area contributed by atoms with Crippen molar-refractivity contribution in [3.8, 4) is 11.4 Å². The van der Waals surface area contributed by atoms with Crippen molar-refractivity contribution in [3.63, 3.8) is 0 Å². The number of nitrogens with one attached hydrogen (secondary N) is 1. The second-order valence-corrected chi connectivity index (χ2v) is 7.36. The van der Waals surface area contributed by atoms with Gasteiger partial charge in [-0.15, -0.1) is 5.10 Å². The largest absolute Gasteiger partial charge is 0.328 e. The number of nitrogens with zero attached hydrogens (tertiary/aromatic N) is 3. The smallest absolute Gasteiger partial charge is 0.226 e. The summed E-state index contributed by atoms with van der Waals surface area (Å²) in [5, 5.41) is 8.49. The number of Topliss-reactive ketones (excluding diaryl/α,β-unsaturated/α-hetero) is 1. The number of rotatable bonds is 2. The maximum atomic E-state index is 14.7. The van der Waals surface area contributed by atoms with Crippen LogP contribution in [0, 0.1) is 5.82 Å². The zero-order valence-corrected chi connectivity index (χ0v) is 15.6. The monoisotopic (exact) mass is 394 g/mol. The summed E-state index contributed by atoms with van der Waals surface area (Å²) in [4.78, 5) is 17.4. The number of fused-ring (bicyclic) bond motifs is 1. The first-order chi connectivity index (χ1) is 13.6. The molecule has 1 aromatic heterocycles. The van der Waals surface area contributed by atoms with Crippen LogP contribution in [0.2, 0.25) is 5.02 Å². The summed E-state index contributed by atoms with van der Waals surface area (Å²) in [5.74, 6) is 0.657. The van der Waals surface area contributed by atoms with E-state index in [2.05, 4.69) is 15.4 Å². The van der Waals surface area contributed by atoms with Gasteiger partial charge < -0.3 is 5.32 Å². The van der Waals surface area contributed by atoms with E-state index in [1.165, 1.54) is 6.07 Å². The molecule has 1 unspecified atom stereocenters. The van der Waals surface area contributed by atoms with E-state index in [0.29, 0.717) is 34.4 Å². The van der Waals surface area contributed by atoms with E-state index in [1.54, 1.807) is 35.0 Å². The van der Waals surface area contributed by atoms with E-state index < -0.39 is 6.04 Å². The Morgan fingerprint density at radius 1 is 1.11 bits per heavy atom.